The third-order valence-corrected chi connectivity index (χ3v) is 3.39. The molecule has 0 unspecified atom stereocenters. The molecule has 0 saturated carbocycles. The van der Waals surface area contributed by atoms with Crippen molar-refractivity contribution in [1.29, 1.82) is 0 Å². The summed E-state index contributed by atoms with van der Waals surface area (Å²) in [5.41, 5.74) is 2.27. The largest absolute Gasteiger partial charge is 0.449 e. The maximum Gasteiger partial charge on any atom is 0.412 e. The quantitative estimate of drug-likeness (QED) is 0.653. The van der Waals surface area contributed by atoms with Gasteiger partial charge in [0.25, 0.3) is 0 Å². The Balaban J connectivity index is 2.41. The summed E-state index contributed by atoms with van der Waals surface area (Å²) >= 11 is 6.97. The Morgan fingerprint density at radius 3 is 2.87 bits per heavy atom. The van der Waals surface area contributed by atoms with Gasteiger partial charge < -0.3 is 4.74 Å². The highest BCUT2D eigenvalue weighted by Crippen LogP contribution is 2.26. The number of ether oxygens (including phenoxy) is 1. The van der Waals surface area contributed by atoms with Crippen LogP contribution in [0.4, 0.5) is 9.80 Å². The molecule has 84 valence electrons. The molecule has 1 rings (SSSR count). The highest BCUT2D eigenvalue weighted by atomic mass is 35.5. The Morgan fingerprint density at radius 1 is 1.60 bits per heavy atom. The first kappa shape index (κ1) is 12.3. The van der Waals surface area contributed by atoms with E-state index < -0.39 is 6.09 Å². The van der Waals surface area contributed by atoms with Crippen molar-refractivity contribution in [2.45, 2.75) is 20.3 Å². The van der Waals surface area contributed by atoms with E-state index in [1.807, 2.05) is 19.2 Å². The SMILES string of the molecule is Cc1csc(NC(=O)OCCCCl)c1C. The van der Waals surface area contributed by atoms with Gasteiger partial charge in [-0.1, -0.05) is 0 Å². The molecule has 0 aliphatic heterocycles. The molecule has 0 bridgehead atoms. The molecule has 0 saturated heterocycles. The maximum absolute atomic E-state index is 11.3. The molecule has 0 aliphatic rings. The molecule has 1 heterocycles. The number of hydrogen-bond acceptors (Lipinski definition) is 3. The fraction of sp³-hybridized carbons (Fsp3) is 0.500. The molecular weight excluding hydrogens is 234 g/mol. The van der Waals surface area contributed by atoms with Crippen molar-refractivity contribution in [2.24, 2.45) is 0 Å². The second-order valence-electron chi connectivity index (χ2n) is 3.18. The van der Waals surface area contributed by atoms with Crippen LogP contribution in [0.3, 0.4) is 0 Å². The minimum Gasteiger partial charge on any atom is -0.449 e. The van der Waals surface area contributed by atoms with Crippen molar-refractivity contribution in [3.63, 3.8) is 0 Å². The van der Waals surface area contributed by atoms with Crippen LogP contribution >= 0.6 is 22.9 Å². The summed E-state index contributed by atoms with van der Waals surface area (Å²) in [7, 11) is 0. The summed E-state index contributed by atoms with van der Waals surface area (Å²) in [6.07, 6.45) is 0.266. The molecule has 0 aromatic carbocycles. The van der Waals surface area contributed by atoms with Crippen LogP contribution in [0.2, 0.25) is 0 Å². The second-order valence-corrected chi connectivity index (χ2v) is 4.43. The average Bonchev–Trinajstić information content (AvgIpc) is 2.50. The molecule has 1 aromatic rings. The van der Waals surface area contributed by atoms with Gasteiger partial charge in [0, 0.05) is 5.88 Å². The van der Waals surface area contributed by atoms with Crippen molar-refractivity contribution in [2.75, 3.05) is 17.8 Å². The second kappa shape index (κ2) is 5.98. The average molecular weight is 248 g/mol. The minimum atomic E-state index is -0.412. The molecule has 0 spiro atoms. The van der Waals surface area contributed by atoms with E-state index in [0.29, 0.717) is 18.9 Å². The molecule has 1 N–H and O–H groups in total. The van der Waals surface area contributed by atoms with Crippen molar-refractivity contribution < 1.29 is 9.53 Å². The van der Waals surface area contributed by atoms with Gasteiger partial charge in [-0.3, -0.25) is 5.32 Å². The predicted octanol–water partition coefficient (Wildman–Crippen LogP) is 3.54. The lowest BCUT2D eigenvalue weighted by molar-refractivity contribution is 0.162. The monoisotopic (exact) mass is 247 g/mol. The normalized spacial score (nSPS) is 10.1. The lowest BCUT2D eigenvalue weighted by atomic mass is 10.2. The third-order valence-electron chi connectivity index (χ3n) is 2.01. The van der Waals surface area contributed by atoms with E-state index >= 15 is 0 Å². The number of aryl methyl sites for hydroxylation is 1. The number of rotatable bonds is 4. The number of amides is 1. The van der Waals surface area contributed by atoms with Gasteiger partial charge in [0.2, 0.25) is 0 Å². The number of carbonyl (C=O) groups is 1. The van der Waals surface area contributed by atoms with E-state index in [2.05, 4.69) is 5.32 Å². The van der Waals surface area contributed by atoms with E-state index in [4.69, 9.17) is 16.3 Å². The van der Waals surface area contributed by atoms with Crippen LogP contribution in [0.1, 0.15) is 17.5 Å². The Hall–Kier alpha value is -0.740. The van der Waals surface area contributed by atoms with E-state index in [0.717, 1.165) is 10.6 Å². The number of anilines is 1. The topological polar surface area (TPSA) is 38.3 Å². The fourth-order valence-electron chi connectivity index (χ4n) is 0.975. The van der Waals surface area contributed by atoms with Gasteiger partial charge in [-0.15, -0.1) is 22.9 Å². The van der Waals surface area contributed by atoms with Crippen LogP contribution in [0.5, 0.6) is 0 Å². The van der Waals surface area contributed by atoms with E-state index in [-0.39, 0.29) is 0 Å². The Labute approximate surface area is 98.4 Å². The van der Waals surface area contributed by atoms with Crippen molar-refractivity contribution in [3.05, 3.63) is 16.5 Å². The summed E-state index contributed by atoms with van der Waals surface area (Å²) in [4.78, 5) is 11.3. The Bertz CT molecular complexity index is 338. The first-order chi connectivity index (χ1) is 7.15. The molecular formula is C10H14ClNO2S. The fourth-order valence-corrected chi connectivity index (χ4v) is 2.04. The summed E-state index contributed by atoms with van der Waals surface area (Å²) < 4.78 is 4.92. The van der Waals surface area contributed by atoms with Gasteiger partial charge in [0.15, 0.2) is 0 Å². The van der Waals surface area contributed by atoms with Crippen molar-refractivity contribution in [3.8, 4) is 0 Å². The zero-order chi connectivity index (χ0) is 11.3. The molecule has 5 heteroatoms. The number of carbonyl (C=O) groups excluding carboxylic acids is 1. The summed E-state index contributed by atoms with van der Waals surface area (Å²) in [5, 5.41) is 5.56. The van der Waals surface area contributed by atoms with Crippen LogP contribution in [0.15, 0.2) is 5.38 Å². The highest BCUT2D eigenvalue weighted by Gasteiger charge is 2.08. The van der Waals surface area contributed by atoms with E-state index in [1.54, 1.807) is 0 Å². The van der Waals surface area contributed by atoms with Crippen LogP contribution in [0.25, 0.3) is 0 Å². The molecule has 0 fully saturated rings. The number of thiophene rings is 1. The molecule has 3 nitrogen and oxygen atoms in total. The number of hydrogen-bond donors (Lipinski definition) is 1. The van der Waals surface area contributed by atoms with Gasteiger partial charge in [-0.25, -0.2) is 4.79 Å². The molecule has 1 amide bonds. The molecule has 0 radical (unpaired) electrons. The van der Waals surface area contributed by atoms with Gasteiger partial charge in [0.1, 0.15) is 5.00 Å². The first-order valence-corrected chi connectivity index (χ1v) is 6.11. The van der Waals surface area contributed by atoms with Crippen LogP contribution in [-0.4, -0.2) is 18.6 Å². The predicted molar refractivity (Wildman–Crippen MR) is 64.1 cm³/mol. The molecule has 15 heavy (non-hydrogen) atoms. The van der Waals surface area contributed by atoms with Crippen LogP contribution < -0.4 is 5.32 Å². The van der Waals surface area contributed by atoms with Gasteiger partial charge in [0.05, 0.1) is 6.61 Å². The van der Waals surface area contributed by atoms with Crippen LogP contribution in [-0.2, 0) is 4.74 Å². The zero-order valence-corrected chi connectivity index (χ0v) is 10.4. The minimum absolute atomic E-state index is 0.360. The lowest BCUT2D eigenvalue weighted by Gasteiger charge is -2.05. The number of alkyl halides is 1. The van der Waals surface area contributed by atoms with Gasteiger partial charge in [-0.05, 0) is 36.8 Å². The van der Waals surface area contributed by atoms with E-state index in [1.165, 1.54) is 16.9 Å². The number of nitrogens with one attached hydrogen (secondary N) is 1. The van der Waals surface area contributed by atoms with Crippen LogP contribution in [0, 0.1) is 13.8 Å². The summed E-state index contributed by atoms with van der Waals surface area (Å²) in [6.45, 7) is 4.34. The smallest absolute Gasteiger partial charge is 0.412 e. The van der Waals surface area contributed by atoms with Gasteiger partial charge >= 0.3 is 6.09 Å². The van der Waals surface area contributed by atoms with Gasteiger partial charge in [-0.2, -0.15) is 0 Å². The number of halogens is 1. The third kappa shape index (κ3) is 3.72. The van der Waals surface area contributed by atoms with E-state index in [9.17, 15) is 4.79 Å². The molecule has 1 aromatic heterocycles. The van der Waals surface area contributed by atoms with Crippen molar-refractivity contribution in [1.82, 2.24) is 0 Å². The van der Waals surface area contributed by atoms with Crippen molar-refractivity contribution >= 4 is 34.0 Å². The summed E-state index contributed by atoms with van der Waals surface area (Å²) in [5.74, 6) is 0.504. The molecule has 0 aliphatic carbocycles. The lowest BCUT2D eigenvalue weighted by Crippen LogP contribution is -2.14. The standard InChI is InChI=1S/C10H14ClNO2S/c1-7-6-15-9(8(7)2)12-10(13)14-5-3-4-11/h6H,3-5H2,1-2H3,(H,12,13). The Kier molecular flexibility index (Phi) is 4.91. The highest BCUT2D eigenvalue weighted by molar-refractivity contribution is 7.14. The first-order valence-electron chi connectivity index (χ1n) is 4.69. The maximum atomic E-state index is 11.3. The zero-order valence-electron chi connectivity index (χ0n) is 8.80. The summed E-state index contributed by atoms with van der Waals surface area (Å²) in [6, 6.07) is 0. The molecule has 0 atom stereocenters. The Morgan fingerprint density at radius 2 is 2.33 bits per heavy atom.